The number of hydrogen-bond donors (Lipinski definition) is 1. The molecule has 2 fully saturated rings. The van der Waals surface area contributed by atoms with Crippen LogP contribution in [0.4, 0.5) is 0 Å². The van der Waals surface area contributed by atoms with E-state index in [2.05, 4.69) is 5.32 Å². The summed E-state index contributed by atoms with van der Waals surface area (Å²) >= 11 is 0. The van der Waals surface area contributed by atoms with Gasteiger partial charge in [-0.25, -0.2) is 0 Å². The van der Waals surface area contributed by atoms with Crippen LogP contribution in [0, 0.1) is 0 Å². The summed E-state index contributed by atoms with van der Waals surface area (Å²) in [6.07, 6.45) is 0.0476. The fourth-order valence-corrected chi connectivity index (χ4v) is 3.57. The summed E-state index contributed by atoms with van der Waals surface area (Å²) < 4.78 is 22.5. The number of epoxide rings is 1. The zero-order valence-electron chi connectivity index (χ0n) is 15.8. The summed E-state index contributed by atoms with van der Waals surface area (Å²) in [4.78, 5) is 12.2. The van der Waals surface area contributed by atoms with Crippen LogP contribution >= 0.6 is 0 Å². The number of carbonyl (C=O) groups excluding carboxylic acids is 1. The van der Waals surface area contributed by atoms with Crippen LogP contribution in [-0.2, 0) is 36.8 Å². The summed E-state index contributed by atoms with van der Waals surface area (Å²) in [5, 5.41) is 3.36. The molecule has 2 aromatic carbocycles. The molecule has 0 radical (unpaired) electrons. The van der Waals surface area contributed by atoms with Crippen LogP contribution < -0.4 is 5.32 Å². The van der Waals surface area contributed by atoms with Crippen LogP contribution in [0.5, 0.6) is 0 Å². The number of nitrogens with one attached hydrogen (secondary N) is 1. The lowest BCUT2D eigenvalue weighted by Gasteiger charge is -2.28. The van der Waals surface area contributed by atoms with Crippen LogP contribution in [0.25, 0.3) is 0 Å². The molecule has 28 heavy (non-hydrogen) atoms. The third-order valence-electron chi connectivity index (χ3n) is 5.11. The highest BCUT2D eigenvalue weighted by Crippen LogP contribution is 2.35. The first-order chi connectivity index (χ1) is 13.7. The molecule has 2 aliphatic heterocycles. The van der Waals surface area contributed by atoms with Gasteiger partial charge in [-0.1, -0.05) is 60.7 Å². The van der Waals surface area contributed by atoms with Gasteiger partial charge in [-0.05, 0) is 17.5 Å². The highest BCUT2D eigenvalue weighted by Gasteiger charge is 2.55. The molecule has 0 amide bonds. The highest BCUT2D eigenvalue weighted by molar-refractivity contribution is 5.76. The van der Waals surface area contributed by atoms with E-state index >= 15 is 0 Å². The molecule has 2 heterocycles. The third kappa shape index (κ3) is 4.59. The van der Waals surface area contributed by atoms with Gasteiger partial charge in [0.1, 0.15) is 18.2 Å². The second-order valence-corrected chi connectivity index (χ2v) is 7.10. The number of fused-ring (bicyclic) bond motifs is 1. The Hall–Kier alpha value is -2.25. The van der Waals surface area contributed by atoms with Crippen molar-refractivity contribution in [1.82, 2.24) is 5.32 Å². The van der Waals surface area contributed by atoms with E-state index in [-0.39, 0.29) is 30.5 Å². The van der Waals surface area contributed by atoms with Crippen LogP contribution in [0.15, 0.2) is 60.7 Å². The van der Waals surface area contributed by atoms with Crippen LogP contribution in [-0.4, -0.2) is 50.3 Å². The highest BCUT2D eigenvalue weighted by atomic mass is 16.7. The van der Waals surface area contributed by atoms with Gasteiger partial charge in [0, 0.05) is 0 Å². The molecule has 2 saturated heterocycles. The number of carbonyl (C=O) groups is 1. The lowest BCUT2D eigenvalue weighted by atomic mass is 10.0. The fraction of sp³-hybridized carbons (Fsp3) is 0.409. The topological polar surface area (TPSA) is 69.3 Å². The molecule has 0 aliphatic carbocycles. The Morgan fingerprint density at radius 1 is 1.07 bits per heavy atom. The molecule has 0 aromatic heterocycles. The Labute approximate surface area is 164 Å². The van der Waals surface area contributed by atoms with Crippen molar-refractivity contribution in [1.29, 1.82) is 0 Å². The smallest absolute Gasteiger partial charge is 0.323 e. The minimum atomic E-state index is -0.451. The van der Waals surface area contributed by atoms with Gasteiger partial charge in [0.15, 0.2) is 6.29 Å². The van der Waals surface area contributed by atoms with Crippen molar-refractivity contribution in [3.63, 3.8) is 0 Å². The average Bonchev–Trinajstić information content (AvgIpc) is 3.55. The predicted molar refractivity (Wildman–Crippen MR) is 103 cm³/mol. The lowest BCUT2D eigenvalue weighted by Crippen LogP contribution is -2.53. The monoisotopic (exact) mass is 383 g/mol. The fourth-order valence-electron chi connectivity index (χ4n) is 3.57. The summed E-state index contributed by atoms with van der Waals surface area (Å²) in [6, 6.07) is 19.3. The predicted octanol–water partition coefficient (Wildman–Crippen LogP) is 2.07. The van der Waals surface area contributed by atoms with Gasteiger partial charge in [0.2, 0.25) is 0 Å². The summed E-state index contributed by atoms with van der Waals surface area (Å²) in [5.41, 5.74) is 2.16. The van der Waals surface area contributed by atoms with Crippen LogP contribution in [0.2, 0.25) is 0 Å². The van der Waals surface area contributed by atoms with Crippen molar-refractivity contribution in [2.75, 3.05) is 13.7 Å². The van der Waals surface area contributed by atoms with E-state index in [0.29, 0.717) is 19.6 Å². The van der Waals surface area contributed by atoms with Crippen molar-refractivity contribution < 1.29 is 23.7 Å². The minimum Gasteiger partial charge on any atom is -0.468 e. The molecule has 0 bridgehead atoms. The molecule has 0 unspecified atom stereocenters. The molecule has 2 aliphatic rings. The summed E-state index contributed by atoms with van der Waals surface area (Å²) in [7, 11) is 1.41. The number of rotatable bonds is 8. The van der Waals surface area contributed by atoms with Crippen molar-refractivity contribution in [2.24, 2.45) is 0 Å². The average molecular weight is 383 g/mol. The molecule has 1 N–H and O–H groups in total. The van der Waals surface area contributed by atoms with E-state index < -0.39 is 6.04 Å². The van der Waals surface area contributed by atoms with E-state index in [1.807, 2.05) is 60.7 Å². The Balaban J connectivity index is 1.31. The van der Waals surface area contributed by atoms with E-state index in [1.165, 1.54) is 7.11 Å². The van der Waals surface area contributed by atoms with Crippen LogP contribution in [0.1, 0.15) is 11.1 Å². The Kier molecular flexibility index (Phi) is 6.02. The maximum absolute atomic E-state index is 12.2. The molecule has 2 aromatic rings. The number of benzene rings is 2. The van der Waals surface area contributed by atoms with Crippen molar-refractivity contribution in [3.8, 4) is 0 Å². The first-order valence-electron chi connectivity index (χ1n) is 9.55. The van der Waals surface area contributed by atoms with E-state index in [9.17, 15) is 4.79 Å². The Morgan fingerprint density at radius 3 is 2.43 bits per heavy atom. The largest absolute Gasteiger partial charge is 0.468 e. The number of ether oxygens (including phenoxy) is 4. The molecule has 6 nitrogen and oxygen atoms in total. The summed E-state index contributed by atoms with van der Waals surface area (Å²) in [6.45, 7) is 0.901. The van der Waals surface area contributed by atoms with Gasteiger partial charge in [-0.15, -0.1) is 0 Å². The number of methoxy groups -OCH3 is 1. The first kappa shape index (κ1) is 19.1. The Morgan fingerprint density at radius 2 is 1.75 bits per heavy atom. The zero-order chi connectivity index (χ0) is 19.3. The van der Waals surface area contributed by atoms with E-state index in [0.717, 1.165) is 11.1 Å². The molecule has 4 rings (SSSR count). The van der Waals surface area contributed by atoms with Gasteiger partial charge in [0.25, 0.3) is 0 Å². The first-order valence-corrected chi connectivity index (χ1v) is 9.55. The Bertz CT molecular complexity index is 769. The standard InChI is InChI=1S/C22H25NO5/c1-25-21(24)17(12-15-8-4-2-5-9-15)23-18-14-27-22(20-19(18)28-20)26-13-16-10-6-3-7-11-16/h2-11,17-20,22-23H,12-14H2,1H3/t17-,18+,19-,20-,22-/m0/s1. The molecular weight excluding hydrogens is 358 g/mol. The third-order valence-corrected chi connectivity index (χ3v) is 5.11. The maximum Gasteiger partial charge on any atom is 0.323 e. The van der Waals surface area contributed by atoms with Gasteiger partial charge in [-0.3, -0.25) is 10.1 Å². The van der Waals surface area contributed by atoms with Gasteiger partial charge < -0.3 is 18.9 Å². The van der Waals surface area contributed by atoms with Crippen molar-refractivity contribution in [3.05, 3.63) is 71.8 Å². The molecule has 0 saturated carbocycles. The van der Waals surface area contributed by atoms with E-state index in [1.54, 1.807) is 0 Å². The number of hydrogen-bond acceptors (Lipinski definition) is 6. The maximum atomic E-state index is 12.2. The normalized spacial score (nSPS) is 26.9. The second kappa shape index (κ2) is 8.84. The van der Waals surface area contributed by atoms with Gasteiger partial charge in [0.05, 0.1) is 26.4 Å². The number of esters is 1. The molecular formula is C22H25NO5. The SMILES string of the molecule is COC(=O)[C@H](Cc1ccccc1)N[C@@H]1CO[C@H](OCc2ccccc2)[C@H]2O[C@H]21. The molecule has 0 spiro atoms. The second-order valence-electron chi connectivity index (χ2n) is 7.10. The quantitative estimate of drug-likeness (QED) is 0.556. The lowest BCUT2D eigenvalue weighted by molar-refractivity contribution is -0.171. The van der Waals surface area contributed by atoms with Gasteiger partial charge in [-0.2, -0.15) is 0 Å². The van der Waals surface area contributed by atoms with Crippen LogP contribution in [0.3, 0.4) is 0 Å². The molecule has 6 heteroatoms. The zero-order valence-corrected chi connectivity index (χ0v) is 15.8. The molecule has 5 atom stereocenters. The van der Waals surface area contributed by atoms with Gasteiger partial charge >= 0.3 is 5.97 Å². The minimum absolute atomic E-state index is 0.0162. The molecule has 148 valence electrons. The van der Waals surface area contributed by atoms with Crippen molar-refractivity contribution in [2.45, 2.75) is 43.6 Å². The van der Waals surface area contributed by atoms with E-state index in [4.69, 9.17) is 18.9 Å². The summed E-state index contributed by atoms with van der Waals surface area (Å²) in [5.74, 6) is -0.288. The van der Waals surface area contributed by atoms with Crippen molar-refractivity contribution >= 4 is 5.97 Å².